The number of carbonyl (C=O) groups is 1. The van der Waals surface area contributed by atoms with Gasteiger partial charge in [-0.1, -0.05) is 6.07 Å². The molecule has 5 nitrogen and oxygen atoms in total. The Labute approximate surface area is 154 Å². The lowest BCUT2D eigenvalue weighted by Crippen LogP contribution is -2.45. The number of amides is 1. The minimum Gasteiger partial charge on any atom is -0.375 e. The highest BCUT2D eigenvalue weighted by Crippen LogP contribution is 2.24. The first-order valence-electron chi connectivity index (χ1n) is 9.49. The second-order valence-electron chi connectivity index (χ2n) is 7.27. The fourth-order valence-electron chi connectivity index (χ4n) is 3.92. The number of carbonyl (C=O) groups excluding carboxylic acids is 1. The molecule has 0 saturated carbocycles. The summed E-state index contributed by atoms with van der Waals surface area (Å²) < 4.78 is 5.88. The van der Waals surface area contributed by atoms with Crippen molar-refractivity contribution in [3.8, 4) is 0 Å². The van der Waals surface area contributed by atoms with Crippen molar-refractivity contribution in [2.45, 2.75) is 45.1 Å². The summed E-state index contributed by atoms with van der Waals surface area (Å²) in [5, 5.41) is 0. The van der Waals surface area contributed by atoms with Crippen molar-refractivity contribution < 1.29 is 9.53 Å². The van der Waals surface area contributed by atoms with Crippen molar-refractivity contribution in [2.24, 2.45) is 0 Å². The maximum atomic E-state index is 12.9. The number of morpholine rings is 1. The van der Waals surface area contributed by atoms with Crippen LogP contribution in [0, 0.1) is 6.92 Å². The first kappa shape index (κ1) is 17.2. The number of hydrogen-bond acceptors (Lipinski definition) is 4. The molecule has 136 valence electrons. The molecule has 1 aliphatic heterocycles. The van der Waals surface area contributed by atoms with E-state index >= 15 is 0 Å². The van der Waals surface area contributed by atoms with Gasteiger partial charge < -0.3 is 9.64 Å². The van der Waals surface area contributed by atoms with Crippen LogP contribution in [0.3, 0.4) is 0 Å². The lowest BCUT2D eigenvalue weighted by molar-refractivity contribution is -0.0247. The molecule has 5 heteroatoms. The molecule has 0 N–H and O–H groups in total. The van der Waals surface area contributed by atoms with Crippen LogP contribution in [0.2, 0.25) is 0 Å². The first-order valence-corrected chi connectivity index (χ1v) is 9.49. The highest BCUT2D eigenvalue weighted by Gasteiger charge is 2.25. The Morgan fingerprint density at radius 1 is 1.23 bits per heavy atom. The molecule has 1 fully saturated rings. The summed E-state index contributed by atoms with van der Waals surface area (Å²) in [6.07, 6.45) is 6.83. The Bertz CT molecular complexity index is 806. The quantitative estimate of drug-likeness (QED) is 0.850. The van der Waals surface area contributed by atoms with E-state index in [4.69, 9.17) is 4.74 Å². The van der Waals surface area contributed by atoms with Crippen LogP contribution in [-0.4, -0.2) is 46.6 Å². The number of hydrogen-bond donors (Lipinski definition) is 0. The van der Waals surface area contributed by atoms with Gasteiger partial charge in [0, 0.05) is 30.0 Å². The third-order valence-corrected chi connectivity index (χ3v) is 5.35. The highest BCUT2D eigenvalue weighted by molar-refractivity contribution is 5.94. The fourth-order valence-corrected chi connectivity index (χ4v) is 3.92. The summed E-state index contributed by atoms with van der Waals surface area (Å²) >= 11 is 0. The smallest absolute Gasteiger partial charge is 0.254 e. The minimum atomic E-state index is 0.0670. The Morgan fingerprint density at radius 2 is 2.12 bits per heavy atom. The second kappa shape index (κ2) is 7.54. The first-order chi connectivity index (χ1) is 12.7. The van der Waals surface area contributed by atoms with E-state index in [1.54, 1.807) is 6.33 Å². The number of aryl methyl sites for hydroxylation is 4. The number of nitrogens with zero attached hydrogens (tertiary/aromatic N) is 3. The number of aromatic nitrogens is 2. The topological polar surface area (TPSA) is 55.3 Å². The summed E-state index contributed by atoms with van der Waals surface area (Å²) in [6, 6.07) is 8.22. The zero-order valence-electron chi connectivity index (χ0n) is 15.3. The molecule has 1 saturated heterocycles. The van der Waals surface area contributed by atoms with Gasteiger partial charge in [0.25, 0.3) is 5.91 Å². The van der Waals surface area contributed by atoms with Gasteiger partial charge >= 0.3 is 0 Å². The standard InChI is InChI=1S/C21H25N3O2/c1-15-11-19(23-14-22-15)7-8-20-13-24(9-10-26-20)21(25)18-6-5-16-3-2-4-17(16)12-18/h5-6,11-12,14,20H,2-4,7-10,13H2,1H3. The largest absolute Gasteiger partial charge is 0.375 e. The molecule has 0 radical (unpaired) electrons. The van der Waals surface area contributed by atoms with Crippen LogP contribution in [0.15, 0.2) is 30.6 Å². The Morgan fingerprint density at radius 3 is 3.00 bits per heavy atom. The number of rotatable bonds is 4. The predicted octanol–water partition coefficient (Wildman–Crippen LogP) is 2.75. The minimum absolute atomic E-state index is 0.0670. The lowest BCUT2D eigenvalue weighted by atomic mass is 10.0. The zero-order valence-corrected chi connectivity index (χ0v) is 15.3. The maximum absolute atomic E-state index is 12.9. The summed E-state index contributed by atoms with van der Waals surface area (Å²) in [5.74, 6) is 0.130. The van der Waals surface area contributed by atoms with Crippen LogP contribution in [-0.2, 0) is 24.0 Å². The molecule has 1 aliphatic carbocycles. The second-order valence-corrected chi connectivity index (χ2v) is 7.27. The van der Waals surface area contributed by atoms with E-state index in [9.17, 15) is 4.79 Å². The van der Waals surface area contributed by atoms with E-state index in [1.807, 2.05) is 24.0 Å². The molecular formula is C21H25N3O2. The van der Waals surface area contributed by atoms with E-state index in [0.717, 1.165) is 42.6 Å². The van der Waals surface area contributed by atoms with Gasteiger partial charge in [0.2, 0.25) is 0 Å². The Hall–Kier alpha value is -2.27. The summed E-state index contributed by atoms with van der Waals surface area (Å²) in [5.41, 5.74) is 5.58. The molecule has 0 bridgehead atoms. The monoisotopic (exact) mass is 351 g/mol. The third-order valence-electron chi connectivity index (χ3n) is 5.35. The van der Waals surface area contributed by atoms with Crippen molar-refractivity contribution >= 4 is 5.91 Å². The molecule has 4 rings (SSSR count). The van der Waals surface area contributed by atoms with Crippen molar-refractivity contribution in [1.29, 1.82) is 0 Å². The van der Waals surface area contributed by atoms with Gasteiger partial charge in [-0.15, -0.1) is 0 Å². The highest BCUT2D eigenvalue weighted by atomic mass is 16.5. The molecule has 2 aromatic rings. The van der Waals surface area contributed by atoms with E-state index in [1.165, 1.54) is 17.5 Å². The molecule has 1 aromatic carbocycles. The van der Waals surface area contributed by atoms with Gasteiger partial charge in [0.1, 0.15) is 6.33 Å². The number of ether oxygens (including phenoxy) is 1. The predicted molar refractivity (Wildman–Crippen MR) is 99.2 cm³/mol. The Kier molecular flexibility index (Phi) is 4.98. The molecule has 1 atom stereocenters. The molecule has 1 aromatic heterocycles. The van der Waals surface area contributed by atoms with Gasteiger partial charge in [-0.25, -0.2) is 9.97 Å². The average Bonchev–Trinajstić information content (AvgIpc) is 3.14. The van der Waals surface area contributed by atoms with Crippen molar-refractivity contribution in [3.63, 3.8) is 0 Å². The molecular weight excluding hydrogens is 326 g/mol. The number of fused-ring (bicyclic) bond motifs is 1. The third kappa shape index (κ3) is 3.78. The molecule has 2 heterocycles. The normalized spacial score (nSPS) is 19.4. The van der Waals surface area contributed by atoms with E-state index in [-0.39, 0.29) is 12.0 Å². The van der Waals surface area contributed by atoms with Crippen LogP contribution < -0.4 is 0 Å². The average molecular weight is 351 g/mol. The number of benzene rings is 1. The zero-order chi connectivity index (χ0) is 17.9. The van der Waals surface area contributed by atoms with Crippen molar-refractivity contribution in [2.75, 3.05) is 19.7 Å². The van der Waals surface area contributed by atoms with E-state index in [2.05, 4.69) is 22.1 Å². The van der Waals surface area contributed by atoms with Gasteiger partial charge in [0.05, 0.1) is 12.7 Å². The Balaban J connectivity index is 1.37. The van der Waals surface area contributed by atoms with Crippen molar-refractivity contribution in [3.05, 3.63) is 58.7 Å². The van der Waals surface area contributed by atoms with Crippen LogP contribution in [0.4, 0.5) is 0 Å². The van der Waals surface area contributed by atoms with Crippen LogP contribution in [0.25, 0.3) is 0 Å². The summed E-state index contributed by atoms with van der Waals surface area (Å²) in [4.78, 5) is 23.3. The van der Waals surface area contributed by atoms with E-state index < -0.39 is 0 Å². The molecule has 0 spiro atoms. The lowest BCUT2D eigenvalue weighted by Gasteiger charge is -2.33. The van der Waals surface area contributed by atoms with Crippen molar-refractivity contribution in [1.82, 2.24) is 14.9 Å². The van der Waals surface area contributed by atoms with Gasteiger partial charge in [-0.3, -0.25) is 4.79 Å². The van der Waals surface area contributed by atoms with Crippen LogP contribution >= 0.6 is 0 Å². The van der Waals surface area contributed by atoms with Gasteiger partial charge in [-0.2, -0.15) is 0 Å². The maximum Gasteiger partial charge on any atom is 0.254 e. The SMILES string of the molecule is Cc1cc(CCC2CN(C(=O)c3ccc4c(c3)CCC4)CCO2)ncn1. The van der Waals surface area contributed by atoms with Gasteiger partial charge in [0.15, 0.2) is 0 Å². The molecule has 2 aliphatic rings. The van der Waals surface area contributed by atoms with Crippen LogP contribution in [0.5, 0.6) is 0 Å². The van der Waals surface area contributed by atoms with E-state index in [0.29, 0.717) is 19.7 Å². The summed E-state index contributed by atoms with van der Waals surface area (Å²) in [7, 11) is 0. The van der Waals surface area contributed by atoms with Crippen LogP contribution in [0.1, 0.15) is 45.7 Å². The molecule has 26 heavy (non-hydrogen) atoms. The molecule has 1 amide bonds. The fraction of sp³-hybridized carbons (Fsp3) is 0.476. The summed E-state index contributed by atoms with van der Waals surface area (Å²) in [6.45, 7) is 3.89. The molecule has 1 unspecified atom stereocenters. The van der Waals surface area contributed by atoms with Gasteiger partial charge in [-0.05, 0) is 68.4 Å².